The van der Waals surface area contributed by atoms with E-state index in [9.17, 15) is 0 Å². The fourth-order valence-corrected chi connectivity index (χ4v) is 4.54. The van der Waals surface area contributed by atoms with Gasteiger partial charge in [-0.25, -0.2) is 9.59 Å². The highest BCUT2D eigenvalue weighted by molar-refractivity contribution is 9.10. The number of para-hydroxylation sites is 1. The first-order valence-corrected chi connectivity index (χ1v) is 11.7. The molecule has 4 rings (SSSR count). The summed E-state index contributed by atoms with van der Waals surface area (Å²) >= 11 is 3.52. The molecule has 0 unspecified atom stereocenters. The predicted molar refractivity (Wildman–Crippen MR) is 128 cm³/mol. The monoisotopic (exact) mass is 503 g/mol. The number of piperidine rings is 1. The molecule has 0 radical (unpaired) electrons. The highest BCUT2D eigenvalue weighted by Crippen LogP contribution is 2.22. The minimum atomic E-state index is -1.82. The number of halogens is 1. The molecule has 2 N–H and O–H groups in total. The Morgan fingerprint density at radius 3 is 1.91 bits per heavy atom. The van der Waals surface area contributed by atoms with Gasteiger partial charge in [-0.3, -0.25) is 9.80 Å². The summed E-state index contributed by atoms with van der Waals surface area (Å²) in [4.78, 5) is 26.1. The number of carboxylic acids is 2. The molecule has 2 aromatic rings. The van der Waals surface area contributed by atoms with Crippen molar-refractivity contribution in [3.63, 3.8) is 0 Å². The molecule has 7 nitrogen and oxygen atoms in total. The van der Waals surface area contributed by atoms with Crippen LogP contribution in [0.2, 0.25) is 0 Å². The second-order valence-corrected chi connectivity index (χ2v) is 9.02. The molecule has 2 saturated heterocycles. The quantitative estimate of drug-likeness (QED) is 0.618. The van der Waals surface area contributed by atoms with E-state index in [2.05, 4.69) is 85.2 Å². The Labute approximate surface area is 197 Å². The van der Waals surface area contributed by atoms with E-state index in [1.807, 2.05) is 0 Å². The molecule has 2 heterocycles. The third-order valence-corrected chi connectivity index (χ3v) is 6.54. The zero-order valence-corrected chi connectivity index (χ0v) is 19.7. The Morgan fingerprint density at radius 1 is 0.812 bits per heavy atom. The van der Waals surface area contributed by atoms with Gasteiger partial charge in [-0.1, -0.05) is 46.3 Å². The van der Waals surface area contributed by atoms with E-state index in [-0.39, 0.29) is 0 Å². The zero-order chi connectivity index (χ0) is 22.9. The minimum absolute atomic E-state index is 0.772. The normalized spacial score (nSPS) is 18.0. The van der Waals surface area contributed by atoms with Gasteiger partial charge in [-0.15, -0.1) is 0 Å². The van der Waals surface area contributed by atoms with Gasteiger partial charge in [0.2, 0.25) is 0 Å². The lowest BCUT2D eigenvalue weighted by Gasteiger charge is -2.43. The first-order chi connectivity index (χ1) is 15.4. The molecular formula is C24H30BrN3O4. The first-order valence-electron chi connectivity index (χ1n) is 10.9. The summed E-state index contributed by atoms with van der Waals surface area (Å²) in [6.45, 7) is 8.24. The number of carbonyl (C=O) groups is 2. The van der Waals surface area contributed by atoms with E-state index in [1.54, 1.807) is 0 Å². The Morgan fingerprint density at radius 2 is 1.38 bits per heavy atom. The molecule has 0 spiro atoms. The zero-order valence-electron chi connectivity index (χ0n) is 18.1. The Balaban J connectivity index is 0.000000427. The molecule has 0 amide bonds. The van der Waals surface area contributed by atoms with Crippen LogP contribution in [0.25, 0.3) is 0 Å². The SMILES string of the molecule is Brc1ccc(CN2CCC(N3CCN(c4ccccc4)CC3)CC2)cc1.O=C(O)C(=O)O. The summed E-state index contributed by atoms with van der Waals surface area (Å²) in [5.41, 5.74) is 2.79. The fourth-order valence-electron chi connectivity index (χ4n) is 4.27. The van der Waals surface area contributed by atoms with Gasteiger partial charge in [0.15, 0.2) is 0 Å². The van der Waals surface area contributed by atoms with Crippen molar-refractivity contribution in [3.8, 4) is 0 Å². The van der Waals surface area contributed by atoms with Crippen molar-refractivity contribution < 1.29 is 19.8 Å². The molecule has 32 heavy (non-hydrogen) atoms. The number of hydrogen-bond acceptors (Lipinski definition) is 5. The summed E-state index contributed by atoms with van der Waals surface area (Å²) in [7, 11) is 0. The maximum absolute atomic E-state index is 9.10. The minimum Gasteiger partial charge on any atom is -0.473 e. The lowest BCUT2D eigenvalue weighted by molar-refractivity contribution is -0.159. The molecule has 0 atom stereocenters. The van der Waals surface area contributed by atoms with Gasteiger partial charge in [-0.2, -0.15) is 0 Å². The Kier molecular flexibility index (Phi) is 9.08. The summed E-state index contributed by atoms with van der Waals surface area (Å²) < 4.78 is 1.16. The second-order valence-electron chi connectivity index (χ2n) is 8.10. The molecule has 172 valence electrons. The third kappa shape index (κ3) is 7.32. The van der Waals surface area contributed by atoms with Gasteiger partial charge in [0, 0.05) is 48.9 Å². The van der Waals surface area contributed by atoms with E-state index in [0.29, 0.717) is 0 Å². The summed E-state index contributed by atoms with van der Waals surface area (Å²) in [6, 6.07) is 20.4. The largest absolute Gasteiger partial charge is 0.473 e. The fraction of sp³-hybridized carbons (Fsp3) is 0.417. The average Bonchev–Trinajstić information content (AvgIpc) is 2.82. The number of piperazine rings is 1. The number of carboxylic acid groups (broad SMARTS) is 2. The molecular weight excluding hydrogens is 474 g/mol. The lowest BCUT2D eigenvalue weighted by Crippen LogP contribution is -2.53. The second kappa shape index (κ2) is 12.0. The molecule has 2 aliphatic heterocycles. The van der Waals surface area contributed by atoms with Crippen molar-refractivity contribution in [2.24, 2.45) is 0 Å². The van der Waals surface area contributed by atoms with E-state index in [0.717, 1.165) is 30.1 Å². The summed E-state index contributed by atoms with van der Waals surface area (Å²) in [5.74, 6) is -3.65. The number of likely N-dealkylation sites (tertiary alicyclic amines) is 1. The third-order valence-electron chi connectivity index (χ3n) is 6.01. The van der Waals surface area contributed by atoms with Crippen LogP contribution in [0.5, 0.6) is 0 Å². The van der Waals surface area contributed by atoms with Gasteiger partial charge in [0.1, 0.15) is 0 Å². The van der Waals surface area contributed by atoms with Crippen LogP contribution in [0.1, 0.15) is 18.4 Å². The topological polar surface area (TPSA) is 84.3 Å². The van der Waals surface area contributed by atoms with Crippen molar-refractivity contribution in [2.45, 2.75) is 25.4 Å². The Bertz CT molecular complexity index is 851. The highest BCUT2D eigenvalue weighted by atomic mass is 79.9. The van der Waals surface area contributed by atoms with Crippen molar-refractivity contribution in [1.29, 1.82) is 0 Å². The van der Waals surface area contributed by atoms with E-state index in [1.165, 1.54) is 50.3 Å². The van der Waals surface area contributed by atoms with Crippen molar-refractivity contribution in [2.75, 3.05) is 44.2 Å². The number of rotatable bonds is 4. The van der Waals surface area contributed by atoms with Crippen molar-refractivity contribution in [1.82, 2.24) is 9.80 Å². The Hall–Kier alpha value is -2.42. The van der Waals surface area contributed by atoms with Crippen LogP contribution in [0.3, 0.4) is 0 Å². The number of anilines is 1. The average molecular weight is 504 g/mol. The molecule has 0 bridgehead atoms. The molecule has 0 saturated carbocycles. The van der Waals surface area contributed by atoms with Gasteiger partial charge in [0.25, 0.3) is 0 Å². The van der Waals surface area contributed by atoms with Crippen LogP contribution in [0, 0.1) is 0 Å². The number of benzene rings is 2. The van der Waals surface area contributed by atoms with Crippen LogP contribution < -0.4 is 4.90 Å². The number of nitrogens with zero attached hydrogens (tertiary/aromatic N) is 3. The molecule has 0 aliphatic carbocycles. The van der Waals surface area contributed by atoms with Crippen LogP contribution in [0.4, 0.5) is 5.69 Å². The van der Waals surface area contributed by atoms with Gasteiger partial charge >= 0.3 is 11.9 Å². The van der Waals surface area contributed by atoms with Gasteiger partial charge < -0.3 is 15.1 Å². The predicted octanol–water partition coefficient (Wildman–Crippen LogP) is 3.39. The first kappa shape index (κ1) is 24.2. The molecule has 8 heteroatoms. The smallest absolute Gasteiger partial charge is 0.414 e. The molecule has 2 fully saturated rings. The van der Waals surface area contributed by atoms with Gasteiger partial charge in [0.05, 0.1) is 0 Å². The van der Waals surface area contributed by atoms with Crippen LogP contribution >= 0.6 is 15.9 Å². The van der Waals surface area contributed by atoms with Crippen molar-refractivity contribution in [3.05, 3.63) is 64.6 Å². The van der Waals surface area contributed by atoms with E-state index in [4.69, 9.17) is 19.8 Å². The standard InChI is InChI=1S/C22H28BrN3.C2H2O4/c23-20-8-6-19(7-9-20)18-24-12-10-22(11-13-24)26-16-14-25(15-17-26)21-4-2-1-3-5-21;3-1(4)2(5)6/h1-9,22H,10-18H2;(H,3,4)(H,5,6). The maximum Gasteiger partial charge on any atom is 0.414 e. The van der Waals surface area contributed by atoms with Crippen LogP contribution in [-0.4, -0.2) is 77.3 Å². The van der Waals surface area contributed by atoms with Crippen LogP contribution in [0.15, 0.2) is 59.1 Å². The van der Waals surface area contributed by atoms with E-state index < -0.39 is 11.9 Å². The maximum atomic E-state index is 9.10. The summed E-state index contributed by atoms with van der Waals surface area (Å²) in [6.07, 6.45) is 2.61. The molecule has 0 aromatic heterocycles. The number of hydrogen-bond donors (Lipinski definition) is 2. The van der Waals surface area contributed by atoms with E-state index >= 15 is 0 Å². The van der Waals surface area contributed by atoms with Crippen molar-refractivity contribution >= 4 is 33.6 Å². The van der Waals surface area contributed by atoms with Gasteiger partial charge in [-0.05, 0) is 55.8 Å². The van der Waals surface area contributed by atoms with Crippen LogP contribution in [-0.2, 0) is 16.1 Å². The lowest BCUT2D eigenvalue weighted by atomic mass is 10.0. The molecule has 2 aromatic carbocycles. The molecule has 2 aliphatic rings. The number of aliphatic carboxylic acids is 2. The highest BCUT2D eigenvalue weighted by Gasteiger charge is 2.27. The summed E-state index contributed by atoms with van der Waals surface area (Å²) in [5, 5.41) is 14.8.